The molecule has 0 aliphatic carbocycles. The van der Waals surface area contributed by atoms with Gasteiger partial charge in [0.25, 0.3) is 5.56 Å². The highest BCUT2D eigenvalue weighted by Crippen LogP contribution is 2.32. The average Bonchev–Trinajstić information content (AvgIpc) is 3.17. The van der Waals surface area contributed by atoms with E-state index >= 15 is 0 Å². The van der Waals surface area contributed by atoms with Gasteiger partial charge in [0.15, 0.2) is 5.65 Å². The van der Waals surface area contributed by atoms with E-state index in [-0.39, 0.29) is 11.2 Å². The van der Waals surface area contributed by atoms with Crippen molar-refractivity contribution in [1.29, 1.82) is 0 Å². The molecular weight excluding hydrogens is 384 g/mol. The van der Waals surface area contributed by atoms with Gasteiger partial charge in [-0.1, -0.05) is 13.8 Å². The number of nitrogens with one attached hydrogen (secondary N) is 1. The predicted octanol–water partition coefficient (Wildman–Crippen LogP) is 3.20. The molecule has 0 aliphatic heterocycles. The van der Waals surface area contributed by atoms with Gasteiger partial charge in [0.05, 0.1) is 14.2 Å². The SMILES string of the molecule is CCCn1c(=O)c2[nH]c(/C=C/c3ccc(OC)c(C)c3OC)nc2n(CCC)c1=O. The van der Waals surface area contributed by atoms with Crippen molar-refractivity contribution in [2.75, 3.05) is 14.2 Å². The van der Waals surface area contributed by atoms with E-state index in [1.54, 1.807) is 24.9 Å². The van der Waals surface area contributed by atoms with Crippen LogP contribution in [0.25, 0.3) is 23.3 Å². The van der Waals surface area contributed by atoms with Crippen LogP contribution in [0.2, 0.25) is 0 Å². The zero-order chi connectivity index (χ0) is 21.8. The van der Waals surface area contributed by atoms with Crippen molar-refractivity contribution in [2.45, 2.75) is 46.7 Å². The molecular formula is C22H28N4O4. The first-order valence-corrected chi connectivity index (χ1v) is 10.1. The lowest BCUT2D eigenvalue weighted by Crippen LogP contribution is -2.40. The van der Waals surface area contributed by atoms with Gasteiger partial charge in [-0.2, -0.15) is 0 Å². The maximum Gasteiger partial charge on any atom is 0.332 e. The fourth-order valence-electron chi connectivity index (χ4n) is 3.60. The number of aromatic nitrogens is 4. The van der Waals surface area contributed by atoms with E-state index < -0.39 is 0 Å². The zero-order valence-corrected chi connectivity index (χ0v) is 18.1. The molecule has 0 aliphatic rings. The van der Waals surface area contributed by atoms with Crippen LogP contribution in [0.3, 0.4) is 0 Å². The van der Waals surface area contributed by atoms with Gasteiger partial charge >= 0.3 is 5.69 Å². The third kappa shape index (κ3) is 3.77. The Morgan fingerprint density at radius 2 is 1.73 bits per heavy atom. The monoisotopic (exact) mass is 412 g/mol. The maximum atomic E-state index is 12.8. The molecule has 8 nitrogen and oxygen atoms in total. The van der Waals surface area contributed by atoms with E-state index in [9.17, 15) is 9.59 Å². The molecule has 1 N–H and O–H groups in total. The normalized spacial score (nSPS) is 11.5. The number of aromatic amines is 1. The van der Waals surface area contributed by atoms with Crippen LogP contribution in [-0.2, 0) is 13.1 Å². The summed E-state index contributed by atoms with van der Waals surface area (Å²) in [5, 5.41) is 0. The highest BCUT2D eigenvalue weighted by Gasteiger charge is 2.16. The second-order valence-corrected chi connectivity index (χ2v) is 7.06. The van der Waals surface area contributed by atoms with E-state index in [1.807, 2.05) is 39.0 Å². The predicted molar refractivity (Wildman–Crippen MR) is 118 cm³/mol. The lowest BCUT2D eigenvalue weighted by atomic mass is 10.1. The fourth-order valence-corrected chi connectivity index (χ4v) is 3.60. The summed E-state index contributed by atoms with van der Waals surface area (Å²) in [6, 6.07) is 3.77. The number of fused-ring (bicyclic) bond motifs is 1. The number of aryl methyl sites for hydroxylation is 1. The van der Waals surface area contributed by atoms with Gasteiger partial charge in [-0.15, -0.1) is 0 Å². The van der Waals surface area contributed by atoms with Crippen LogP contribution in [0.5, 0.6) is 11.5 Å². The summed E-state index contributed by atoms with van der Waals surface area (Å²) >= 11 is 0. The molecule has 3 rings (SSSR count). The van der Waals surface area contributed by atoms with Gasteiger partial charge in [0, 0.05) is 24.2 Å². The van der Waals surface area contributed by atoms with Crippen molar-refractivity contribution < 1.29 is 9.47 Å². The Bertz CT molecular complexity index is 1200. The lowest BCUT2D eigenvalue weighted by molar-refractivity contribution is 0.388. The summed E-state index contributed by atoms with van der Waals surface area (Å²) < 4.78 is 13.7. The molecule has 0 radical (unpaired) electrons. The van der Waals surface area contributed by atoms with Crippen molar-refractivity contribution in [2.24, 2.45) is 0 Å². The van der Waals surface area contributed by atoms with Crippen LogP contribution in [0.1, 0.15) is 43.6 Å². The van der Waals surface area contributed by atoms with E-state index in [2.05, 4.69) is 9.97 Å². The molecule has 160 valence electrons. The number of H-pyrrole nitrogens is 1. The first-order valence-electron chi connectivity index (χ1n) is 10.1. The van der Waals surface area contributed by atoms with Crippen LogP contribution in [0.4, 0.5) is 0 Å². The minimum atomic E-state index is -0.339. The molecule has 0 fully saturated rings. The first kappa shape index (κ1) is 21.4. The molecule has 0 atom stereocenters. The number of imidazole rings is 1. The largest absolute Gasteiger partial charge is 0.496 e. The Kier molecular flexibility index (Phi) is 6.44. The van der Waals surface area contributed by atoms with Gasteiger partial charge in [-0.25, -0.2) is 9.78 Å². The lowest BCUT2D eigenvalue weighted by Gasteiger charge is -2.12. The van der Waals surface area contributed by atoms with Gasteiger partial charge in [0.2, 0.25) is 0 Å². The van der Waals surface area contributed by atoms with Crippen LogP contribution < -0.4 is 20.7 Å². The van der Waals surface area contributed by atoms with Crippen LogP contribution in [0.15, 0.2) is 21.7 Å². The summed E-state index contributed by atoms with van der Waals surface area (Å²) in [7, 11) is 3.23. The van der Waals surface area contributed by atoms with Crippen LogP contribution in [0, 0.1) is 6.92 Å². The van der Waals surface area contributed by atoms with Crippen LogP contribution in [-0.4, -0.2) is 33.3 Å². The van der Waals surface area contributed by atoms with E-state index in [1.165, 1.54) is 4.57 Å². The molecule has 3 aromatic rings. The topological polar surface area (TPSA) is 91.1 Å². The van der Waals surface area contributed by atoms with Crippen LogP contribution >= 0.6 is 0 Å². The number of methoxy groups -OCH3 is 2. The molecule has 0 spiro atoms. The van der Waals surface area contributed by atoms with Gasteiger partial charge < -0.3 is 14.5 Å². The summed E-state index contributed by atoms with van der Waals surface area (Å²) in [5.74, 6) is 1.94. The molecule has 1 aromatic carbocycles. The number of hydrogen-bond donors (Lipinski definition) is 1. The number of benzene rings is 1. The molecule has 2 aromatic heterocycles. The molecule has 0 saturated carbocycles. The molecule has 0 saturated heterocycles. The Hall–Kier alpha value is -3.29. The summed E-state index contributed by atoms with van der Waals surface area (Å²) in [5.41, 5.74) is 1.82. The fraction of sp³-hybridized carbons (Fsp3) is 0.409. The third-order valence-electron chi connectivity index (χ3n) is 5.01. The Morgan fingerprint density at radius 3 is 2.37 bits per heavy atom. The van der Waals surface area contributed by atoms with Gasteiger partial charge in [-0.3, -0.25) is 13.9 Å². The van der Waals surface area contributed by atoms with Crippen molar-refractivity contribution in [3.05, 3.63) is 49.9 Å². The maximum absolute atomic E-state index is 12.8. The average molecular weight is 412 g/mol. The second-order valence-electron chi connectivity index (χ2n) is 7.06. The highest BCUT2D eigenvalue weighted by atomic mass is 16.5. The number of rotatable bonds is 8. The minimum Gasteiger partial charge on any atom is -0.496 e. The van der Waals surface area contributed by atoms with Crippen molar-refractivity contribution in [3.8, 4) is 11.5 Å². The standard InChI is InChI=1S/C22H28N4O4/c1-6-12-25-20-18(21(27)26(13-7-2)22(25)28)23-17(24-20)11-9-15-8-10-16(29-4)14(3)19(15)30-5/h8-11H,6-7,12-13H2,1-5H3,(H,23,24)/b11-9+. The van der Waals surface area contributed by atoms with E-state index in [0.717, 1.165) is 23.3 Å². The molecule has 0 amide bonds. The number of ether oxygens (including phenoxy) is 2. The minimum absolute atomic E-state index is 0.314. The number of hydrogen-bond acceptors (Lipinski definition) is 5. The van der Waals surface area contributed by atoms with Crippen molar-refractivity contribution in [1.82, 2.24) is 19.1 Å². The first-order chi connectivity index (χ1) is 14.5. The summed E-state index contributed by atoms with van der Waals surface area (Å²) in [4.78, 5) is 33.2. The van der Waals surface area contributed by atoms with Crippen molar-refractivity contribution >= 4 is 23.3 Å². The molecule has 0 unspecified atom stereocenters. The highest BCUT2D eigenvalue weighted by molar-refractivity contribution is 5.77. The van der Waals surface area contributed by atoms with E-state index in [0.29, 0.717) is 42.2 Å². The Morgan fingerprint density at radius 1 is 1.03 bits per heavy atom. The molecule has 0 bridgehead atoms. The van der Waals surface area contributed by atoms with Gasteiger partial charge in [0.1, 0.15) is 22.8 Å². The van der Waals surface area contributed by atoms with E-state index in [4.69, 9.17) is 9.47 Å². The molecule has 8 heteroatoms. The smallest absolute Gasteiger partial charge is 0.332 e. The molecule has 2 heterocycles. The summed E-state index contributed by atoms with van der Waals surface area (Å²) in [6.07, 6.45) is 5.09. The van der Waals surface area contributed by atoms with Crippen molar-refractivity contribution in [3.63, 3.8) is 0 Å². The summed E-state index contributed by atoms with van der Waals surface area (Å²) in [6.45, 7) is 6.73. The third-order valence-corrected chi connectivity index (χ3v) is 5.01. The second kappa shape index (κ2) is 9.02. The number of nitrogens with zero attached hydrogens (tertiary/aromatic N) is 3. The molecule has 30 heavy (non-hydrogen) atoms. The Labute approximate surface area is 174 Å². The zero-order valence-electron chi connectivity index (χ0n) is 18.1. The Balaban J connectivity index is 2.12. The van der Waals surface area contributed by atoms with Gasteiger partial charge in [-0.05, 0) is 44.1 Å². The quantitative estimate of drug-likeness (QED) is 0.613.